The molecule has 1 aliphatic rings. The average molecular weight is 248 g/mol. The summed E-state index contributed by atoms with van der Waals surface area (Å²) >= 11 is 0. The molecule has 0 bridgehead atoms. The van der Waals surface area contributed by atoms with Crippen molar-refractivity contribution in [3.63, 3.8) is 0 Å². The number of carbonyl (C=O) groups excluding carboxylic acids is 1. The van der Waals surface area contributed by atoms with Gasteiger partial charge in [0.1, 0.15) is 0 Å². The Morgan fingerprint density at radius 1 is 1.44 bits per heavy atom. The second-order valence-corrected chi connectivity index (χ2v) is 4.35. The second-order valence-electron chi connectivity index (χ2n) is 4.35. The van der Waals surface area contributed by atoms with Crippen molar-refractivity contribution in [2.75, 3.05) is 31.1 Å². The molecule has 0 saturated carbocycles. The fourth-order valence-electron chi connectivity index (χ4n) is 2.22. The number of benzene rings is 1. The highest BCUT2D eigenvalue weighted by atomic mass is 16.5. The molecule has 4 heteroatoms. The van der Waals surface area contributed by atoms with Crippen LogP contribution in [0.3, 0.4) is 0 Å². The highest BCUT2D eigenvalue weighted by Crippen LogP contribution is 2.22. The maximum absolute atomic E-state index is 11.4. The average Bonchev–Trinajstić information content (AvgIpc) is 2.59. The molecule has 1 heterocycles. The molecule has 0 aliphatic carbocycles. The molecule has 0 unspecified atom stereocenters. The lowest BCUT2D eigenvalue weighted by Gasteiger charge is -2.24. The summed E-state index contributed by atoms with van der Waals surface area (Å²) in [7, 11) is 0. The van der Waals surface area contributed by atoms with E-state index in [0.29, 0.717) is 13.0 Å². The lowest BCUT2D eigenvalue weighted by atomic mass is 10.1. The fraction of sp³-hybridized carbons (Fsp3) is 0.500. The van der Waals surface area contributed by atoms with Crippen LogP contribution in [-0.4, -0.2) is 32.2 Å². The highest BCUT2D eigenvalue weighted by molar-refractivity contribution is 5.70. The maximum atomic E-state index is 11.4. The summed E-state index contributed by atoms with van der Waals surface area (Å²) in [5.74, 6) is -0.118. The topological polar surface area (TPSA) is 41.6 Å². The standard InChI is InChI=1S/C14H20N2O2/c1-2-18-14(17)7-9-16-10-8-15-11-12-5-3-4-6-13(12)16/h3-6,15H,2,7-11H2,1H3. The van der Waals surface area contributed by atoms with Gasteiger partial charge >= 0.3 is 5.97 Å². The molecule has 2 rings (SSSR count). The van der Waals surface area contributed by atoms with E-state index >= 15 is 0 Å². The van der Waals surface area contributed by atoms with Crippen molar-refractivity contribution in [2.45, 2.75) is 19.9 Å². The Bertz CT molecular complexity index is 407. The monoisotopic (exact) mass is 248 g/mol. The molecule has 0 aromatic heterocycles. The Morgan fingerprint density at radius 3 is 3.11 bits per heavy atom. The largest absolute Gasteiger partial charge is 0.466 e. The van der Waals surface area contributed by atoms with Gasteiger partial charge in [0.2, 0.25) is 0 Å². The molecule has 18 heavy (non-hydrogen) atoms. The van der Waals surface area contributed by atoms with Crippen LogP contribution in [-0.2, 0) is 16.1 Å². The van der Waals surface area contributed by atoms with Crippen LogP contribution < -0.4 is 10.2 Å². The minimum Gasteiger partial charge on any atom is -0.466 e. The van der Waals surface area contributed by atoms with Gasteiger partial charge in [-0.3, -0.25) is 4.79 Å². The molecule has 0 radical (unpaired) electrons. The lowest BCUT2D eigenvalue weighted by Crippen LogP contribution is -2.31. The molecule has 1 aromatic carbocycles. The van der Waals surface area contributed by atoms with E-state index in [2.05, 4.69) is 28.4 Å². The first-order valence-electron chi connectivity index (χ1n) is 6.50. The van der Waals surface area contributed by atoms with Crippen LogP contribution in [0.25, 0.3) is 0 Å². The van der Waals surface area contributed by atoms with Crippen LogP contribution in [0.15, 0.2) is 24.3 Å². The molecular formula is C14H20N2O2. The maximum Gasteiger partial charge on any atom is 0.307 e. The third-order valence-corrected chi connectivity index (χ3v) is 3.10. The van der Waals surface area contributed by atoms with Crippen molar-refractivity contribution in [3.05, 3.63) is 29.8 Å². The van der Waals surface area contributed by atoms with Crippen molar-refractivity contribution in [3.8, 4) is 0 Å². The van der Waals surface area contributed by atoms with Gasteiger partial charge in [-0.15, -0.1) is 0 Å². The first-order chi connectivity index (χ1) is 8.81. The number of carbonyl (C=O) groups is 1. The number of nitrogens with one attached hydrogen (secondary N) is 1. The van der Waals surface area contributed by atoms with Gasteiger partial charge in [0.15, 0.2) is 0 Å². The van der Waals surface area contributed by atoms with Crippen molar-refractivity contribution in [1.29, 1.82) is 0 Å². The Balaban J connectivity index is 2.02. The number of para-hydroxylation sites is 1. The Kier molecular flexibility index (Phi) is 4.59. The number of fused-ring (bicyclic) bond motifs is 1. The molecule has 0 fully saturated rings. The van der Waals surface area contributed by atoms with Crippen LogP contribution in [0.2, 0.25) is 0 Å². The lowest BCUT2D eigenvalue weighted by molar-refractivity contribution is -0.142. The van der Waals surface area contributed by atoms with E-state index in [1.807, 2.05) is 13.0 Å². The SMILES string of the molecule is CCOC(=O)CCN1CCNCc2ccccc21. The van der Waals surface area contributed by atoms with Crippen LogP contribution in [0, 0.1) is 0 Å². The Hall–Kier alpha value is -1.55. The number of hydrogen-bond donors (Lipinski definition) is 1. The van der Waals surface area contributed by atoms with E-state index in [1.54, 1.807) is 0 Å². The Labute approximate surface area is 108 Å². The summed E-state index contributed by atoms with van der Waals surface area (Å²) in [5, 5.41) is 3.39. The smallest absolute Gasteiger partial charge is 0.307 e. The van der Waals surface area contributed by atoms with E-state index in [0.717, 1.165) is 26.2 Å². The molecule has 1 aliphatic heterocycles. The number of ether oxygens (including phenoxy) is 1. The molecule has 0 saturated heterocycles. The summed E-state index contributed by atoms with van der Waals surface area (Å²) in [6, 6.07) is 8.34. The van der Waals surface area contributed by atoms with Gasteiger partial charge in [-0.05, 0) is 18.6 Å². The Morgan fingerprint density at radius 2 is 2.28 bits per heavy atom. The van der Waals surface area contributed by atoms with Crippen molar-refractivity contribution >= 4 is 11.7 Å². The number of nitrogens with zero attached hydrogens (tertiary/aromatic N) is 1. The quantitative estimate of drug-likeness (QED) is 0.821. The summed E-state index contributed by atoms with van der Waals surface area (Å²) in [6.07, 6.45) is 0.447. The predicted molar refractivity (Wildman–Crippen MR) is 71.6 cm³/mol. The molecule has 4 nitrogen and oxygen atoms in total. The van der Waals surface area contributed by atoms with E-state index in [4.69, 9.17) is 4.74 Å². The van der Waals surface area contributed by atoms with Gasteiger partial charge in [-0.1, -0.05) is 18.2 Å². The minimum absolute atomic E-state index is 0.118. The zero-order chi connectivity index (χ0) is 12.8. The van der Waals surface area contributed by atoms with Crippen molar-refractivity contribution in [2.24, 2.45) is 0 Å². The first-order valence-corrected chi connectivity index (χ1v) is 6.50. The molecule has 1 aromatic rings. The predicted octanol–water partition coefficient (Wildman–Crippen LogP) is 1.55. The minimum atomic E-state index is -0.118. The normalized spacial score (nSPS) is 14.8. The number of anilines is 1. The zero-order valence-corrected chi connectivity index (χ0v) is 10.8. The third-order valence-electron chi connectivity index (χ3n) is 3.10. The van der Waals surface area contributed by atoms with E-state index < -0.39 is 0 Å². The number of esters is 1. The van der Waals surface area contributed by atoms with Crippen LogP contribution >= 0.6 is 0 Å². The summed E-state index contributed by atoms with van der Waals surface area (Å²) < 4.78 is 4.97. The molecule has 1 N–H and O–H groups in total. The molecule has 0 atom stereocenters. The zero-order valence-electron chi connectivity index (χ0n) is 10.8. The van der Waals surface area contributed by atoms with Crippen molar-refractivity contribution < 1.29 is 9.53 Å². The first kappa shape index (κ1) is 12.9. The van der Waals surface area contributed by atoms with E-state index in [1.165, 1.54) is 11.3 Å². The molecule has 0 amide bonds. The van der Waals surface area contributed by atoms with Gasteiger partial charge in [-0.2, -0.15) is 0 Å². The van der Waals surface area contributed by atoms with E-state index in [-0.39, 0.29) is 5.97 Å². The van der Waals surface area contributed by atoms with Crippen molar-refractivity contribution in [1.82, 2.24) is 5.32 Å². The second kappa shape index (κ2) is 6.40. The fourth-order valence-corrected chi connectivity index (χ4v) is 2.22. The van der Waals surface area contributed by atoms with Gasteiger partial charge in [-0.25, -0.2) is 0 Å². The van der Waals surface area contributed by atoms with Gasteiger partial charge < -0.3 is 15.0 Å². The highest BCUT2D eigenvalue weighted by Gasteiger charge is 2.15. The summed E-state index contributed by atoms with van der Waals surface area (Å²) in [5.41, 5.74) is 2.52. The van der Waals surface area contributed by atoms with Gasteiger partial charge in [0, 0.05) is 31.9 Å². The number of hydrogen-bond acceptors (Lipinski definition) is 4. The number of rotatable bonds is 4. The van der Waals surface area contributed by atoms with Crippen LogP contribution in [0.1, 0.15) is 18.9 Å². The third kappa shape index (κ3) is 3.23. The summed E-state index contributed by atoms with van der Waals surface area (Å²) in [6.45, 7) is 5.78. The van der Waals surface area contributed by atoms with Crippen LogP contribution in [0.5, 0.6) is 0 Å². The molecule has 98 valence electrons. The molecule has 0 spiro atoms. The van der Waals surface area contributed by atoms with E-state index in [9.17, 15) is 4.79 Å². The van der Waals surface area contributed by atoms with Gasteiger partial charge in [0.05, 0.1) is 13.0 Å². The summed E-state index contributed by atoms with van der Waals surface area (Å²) in [4.78, 5) is 13.7. The van der Waals surface area contributed by atoms with Crippen LogP contribution in [0.4, 0.5) is 5.69 Å². The van der Waals surface area contributed by atoms with Gasteiger partial charge in [0.25, 0.3) is 0 Å². The molecular weight excluding hydrogens is 228 g/mol.